The molecule has 0 radical (unpaired) electrons. The van der Waals surface area contributed by atoms with Crippen LogP contribution in [0.2, 0.25) is 0 Å². The third kappa shape index (κ3) is 2.98. The highest BCUT2D eigenvalue weighted by Gasteiger charge is 2.41. The van der Waals surface area contributed by atoms with E-state index in [1.807, 2.05) is 24.3 Å². The summed E-state index contributed by atoms with van der Waals surface area (Å²) in [7, 11) is 0. The lowest BCUT2D eigenvalue weighted by Crippen LogP contribution is -2.24. The Balaban J connectivity index is 1.64. The molecule has 1 saturated heterocycles. The van der Waals surface area contributed by atoms with Gasteiger partial charge in [-0.3, -0.25) is 0 Å². The molecule has 1 aromatic heterocycles. The normalized spacial score (nSPS) is 19.3. The van der Waals surface area contributed by atoms with E-state index in [0.29, 0.717) is 0 Å². The zero-order valence-corrected chi connectivity index (χ0v) is 13.5. The zero-order chi connectivity index (χ0) is 15.7. The summed E-state index contributed by atoms with van der Waals surface area (Å²) in [5, 5.41) is 12.8. The van der Waals surface area contributed by atoms with Crippen molar-refractivity contribution in [2.75, 3.05) is 36.5 Å². The number of aromatic nitrogens is 2. The average Bonchev–Trinajstić information content (AvgIpc) is 3.12. The number of hydrogen-bond donors (Lipinski definition) is 2. The largest absolute Gasteiger partial charge is 0.396 e. The number of aliphatic hydroxyl groups is 1. The number of nitrogens with one attached hydrogen (secondary N) is 1. The van der Waals surface area contributed by atoms with E-state index in [4.69, 9.17) is 9.97 Å². The van der Waals surface area contributed by atoms with E-state index in [0.717, 1.165) is 48.7 Å². The summed E-state index contributed by atoms with van der Waals surface area (Å²) in [6.07, 6.45) is 5.71. The minimum atomic E-state index is 0.268. The maximum atomic E-state index is 9.24. The Kier molecular flexibility index (Phi) is 3.81. The molecule has 0 atom stereocenters. The van der Waals surface area contributed by atoms with E-state index in [2.05, 4.69) is 10.2 Å². The SMILES string of the molecule is OCCC1(CNc2nc3ccccc3nc2N2CCCC2)CC1. The highest BCUT2D eigenvalue weighted by molar-refractivity contribution is 5.80. The maximum Gasteiger partial charge on any atom is 0.172 e. The van der Waals surface area contributed by atoms with Crippen molar-refractivity contribution in [3.8, 4) is 0 Å². The monoisotopic (exact) mass is 312 g/mol. The van der Waals surface area contributed by atoms with Gasteiger partial charge in [-0.1, -0.05) is 12.1 Å². The lowest BCUT2D eigenvalue weighted by Gasteiger charge is -2.22. The van der Waals surface area contributed by atoms with Crippen LogP contribution in [-0.2, 0) is 0 Å². The van der Waals surface area contributed by atoms with Crippen molar-refractivity contribution in [1.29, 1.82) is 0 Å². The van der Waals surface area contributed by atoms with Gasteiger partial charge < -0.3 is 15.3 Å². The van der Waals surface area contributed by atoms with E-state index in [1.54, 1.807) is 0 Å². The smallest absolute Gasteiger partial charge is 0.172 e. The minimum Gasteiger partial charge on any atom is -0.396 e. The van der Waals surface area contributed by atoms with Crippen LogP contribution in [0.25, 0.3) is 11.0 Å². The third-order valence-corrected chi connectivity index (χ3v) is 5.19. The van der Waals surface area contributed by atoms with Crippen molar-refractivity contribution in [2.24, 2.45) is 5.41 Å². The molecule has 0 bridgehead atoms. The molecule has 122 valence electrons. The first-order valence-corrected chi connectivity index (χ1v) is 8.66. The van der Waals surface area contributed by atoms with Gasteiger partial charge in [-0.25, -0.2) is 9.97 Å². The first-order valence-electron chi connectivity index (χ1n) is 8.66. The lowest BCUT2D eigenvalue weighted by molar-refractivity contribution is 0.253. The second-order valence-electron chi connectivity index (χ2n) is 6.91. The standard InChI is InChI=1S/C18H24N4O/c23-12-9-18(7-8-18)13-19-16-17(22-10-3-4-11-22)21-15-6-2-1-5-14(15)20-16/h1-2,5-6,23H,3-4,7-13H2,(H,19,20). The van der Waals surface area contributed by atoms with Crippen LogP contribution in [-0.4, -0.2) is 41.3 Å². The van der Waals surface area contributed by atoms with Crippen LogP contribution >= 0.6 is 0 Å². The molecule has 0 unspecified atom stereocenters. The molecule has 0 spiro atoms. The van der Waals surface area contributed by atoms with Gasteiger partial charge in [0.25, 0.3) is 0 Å². The number of hydrogen-bond acceptors (Lipinski definition) is 5. The van der Waals surface area contributed by atoms with E-state index in [-0.39, 0.29) is 12.0 Å². The number of aliphatic hydroxyl groups excluding tert-OH is 1. The number of benzene rings is 1. The summed E-state index contributed by atoms with van der Waals surface area (Å²) in [5.41, 5.74) is 2.16. The molecule has 1 saturated carbocycles. The van der Waals surface area contributed by atoms with Crippen molar-refractivity contribution in [3.05, 3.63) is 24.3 Å². The van der Waals surface area contributed by atoms with Gasteiger partial charge in [0.1, 0.15) is 0 Å². The van der Waals surface area contributed by atoms with Crippen LogP contribution in [0.4, 0.5) is 11.6 Å². The molecule has 2 aliphatic rings. The van der Waals surface area contributed by atoms with Crippen LogP contribution in [0.5, 0.6) is 0 Å². The number of para-hydroxylation sites is 2. The molecular weight excluding hydrogens is 288 g/mol. The summed E-state index contributed by atoms with van der Waals surface area (Å²) >= 11 is 0. The highest BCUT2D eigenvalue weighted by Crippen LogP contribution is 2.48. The molecule has 5 nitrogen and oxygen atoms in total. The summed E-state index contributed by atoms with van der Waals surface area (Å²) in [5.74, 6) is 1.89. The predicted octanol–water partition coefficient (Wildman–Crippen LogP) is 2.80. The molecule has 2 N–H and O–H groups in total. The van der Waals surface area contributed by atoms with E-state index in [9.17, 15) is 5.11 Å². The molecule has 0 amide bonds. The first-order chi connectivity index (χ1) is 11.3. The number of anilines is 2. The molecule has 1 aromatic carbocycles. The third-order valence-electron chi connectivity index (χ3n) is 5.19. The van der Waals surface area contributed by atoms with Gasteiger partial charge in [-0.2, -0.15) is 0 Å². The van der Waals surface area contributed by atoms with Crippen molar-refractivity contribution >= 4 is 22.7 Å². The molecule has 2 heterocycles. The van der Waals surface area contributed by atoms with Crippen molar-refractivity contribution in [3.63, 3.8) is 0 Å². The fourth-order valence-corrected chi connectivity index (χ4v) is 3.46. The molecule has 2 aromatic rings. The number of fused-ring (bicyclic) bond motifs is 1. The number of nitrogens with zero attached hydrogens (tertiary/aromatic N) is 3. The Hall–Kier alpha value is -1.88. The summed E-state index contributed by atoms with van der Waals surface area (Å²) in [4.78, 5) is 12.0. The van der Waals surface area contributed by atoms with Gasteiger partial charge in [-0.05, 0) is 49.7 Å². The Bertz CT molecular complexity index is 692. The predicted molar refractivity (Wildman–Crippen MR) is 92.8 cm³/mol. The Morgan fingerprint density at radius 2 is 1.78 bits per heavy atom. The Morgan fingerprint density at radius 3 is 2.43 bits per heavy atom. The maximum absolute atomic E-state index is 9.24. The van der Waals surface area contributed by atoms with Crippen molar-refractivity contribution in [1.82, 2.24) is 9.97 Å². The topological polar surface area (TPSA) is 61.3 Å². The van der Waals surface area contributed by atoms with E-state index < -0.39 is 0 Å². The summed E-state index contributed by atoms with van der Waals surface area (Å²) in [6.45, 7) is 3.26. The highest BCUT2D eigenvalue weighted by atomic mass is 16.3. The second kappa shape index (κ2) is 5.96. The molecule has 5 heteroatoms. The second-order valence-corrected chi connectivity index (χ2v) is 6.91. The van der Waals surface area contributed by atoms with Crippen LogP contribution in [0.1, 0.15) is 32.1 Å². The van der Waals surface area contributed by atoms with E-state index in [1.165, 1.54) is 25.7 Å². The van der Waals surface area contributed by atoms with Gasteiger partial charge in [-0.15, -0.1) is 0 Å². The molecule has 4 rings (SSSR count). The van der Waals surface area contributed by atoms with Gasteiger partial charge in [0.2, 0.25) is 0 Å². The summed E-state index contributed by atoms with van der Waals surface area (Å²) in [6, 6.07) is 8.06. The Labute approximate surface area is 136 Å². The van der Waals surface area contributed by atoms with Crippen LogP contribution < -0.4 is 10.2 Å². The molecular formula is C18H24N4O. The van der Waals surface area contributed by atoms with Gasteiger partial charge in [0, 0.05) is 26.2 Å². The van der Waals surface area contributed by atoms with Crippen LogP contribution in [0.3, 0.4) is 0 Å². The fourth-order valence-electron chi connectivity index (χ4n) is 3.46. The van der Waals surface area contributed by atoms with Gasteiger partial charge >= 0.3 is 0 Å². The molecule has 1 aliphatic carbocycles. The van der Waals surface area contributed by atoms with Gasteiger partial charge in [0.15, 0.2) is 11.6 Å². The zero-order valence-electron chi connectivity index (χ0n) is 13.5. The minimum absolute atomic E-state index is 0.268. The van der Waals surface area contributed by atoms with Crippen LogP contribution in [0.15, 0.2) is 24.3 Å². The van der Waals surface area contributed by atoms with E-state index >= 15 is 0 Å². The van der Waals surface area contributed by atoms with Crippen molar-refractivity contribution < 1.29 is 5.11 Å². The first kappa shape index (κ1) is 14.7. The van der Waals surface area contributed by atoms with Crippen LogP contribution in [0, 0.1) is 5.41 Å². The number of rotatable bonds is 6. The molecule has 2 fully saturated rings. The Morgan fingerprint density at radius 1 is 1.09 bits per heavy atom. The average molecular weight is 312 g/mol. The van der Waals surface area contributed by atoms with Gasteiger partial charge in [0.05, 0.1) is 11.0 Å². The lowest BCUT2D eigenvalue weighted by atomic mass is 10.0. The van der Waals surface area contributed by atoms with Crippen molar-refractivity contribution in [2.45, 2.75) is 32.1 Å². The molecule has 1 aliphatic heterocycles. The fraction of sp³-hybridized carbons (Fsp3) is 0.556. The quantitative estimate of drug-likeness (QED) is 0.859. The molecule has 23 heavy (non-hydrogen) atoms. The summed E-state index contributed by atoms with van der Waals surface area (Å²) < 4.78 is 0.